The molecule has 2 amide bonds. The molecule has 1 aromatic heterocycles. The van der Waals surface area contributed by atoms with E-state index in [1.54, 1.807) is 4.90 Å². The minimum Gasteiger partial charge on any atom is -0.338 e. The summed E-state index contributed by atoms with van der Waals surface area (Å²) >= 11 is 0. The van der Waals surface area contributed by atoms with Gasteiger partial charge in [0.25, 0.3) is 5.56 Å². The van der Waals surface area contributed by atoms with Crippen LogP contribution < -0.4 is 5.56 Å². The van der Waals surface area contributed by atoms with Crippen molar-refractivity contribution < 1.29 is 9.59 Å². The summed E-state index contributed by atoms with van der Waals surface area (Å²) in [5.74, 6) is 0.780. The Bertz CT molecular complexity index is 728. The predicted molar refractivity (Wildman–Crippen MR) is 92.9 cm³/mol. The minimum absolute atomic E-state index is 0.0899. The third kappa shape index (κ3) is 3.45. The summed E-state index contributed by atoms with van der Waals surface area (Å²) in [6.45, 7) is 5.48. The van der Waals surface area contributed by atoms with Crippen molar-refractivity contribution in [3.8, 4) is 0 Å². The van der Waals surface area contributed by atoms with Crippen LogP contribution in [0.1, 0.15) is 69.1 Å². The Balaban J connectivity index is 1.85. The van der Waals surface area contributed by atoms with Crippen LogP contribution in [0.15, 0.2) is 4.79 Å². The Morgan fingerprint density at radius 1 is 1.24 bits per heavy atom. The Morgan fingerprint density at radius 3 is 2.76 bits per heavy atom. The van der Waals surface area contributed by atoms with E-state index in [1.165, 1.54) is 0 Å². The summed E-state index contributed by atoms with van der Waals surface area (Å²) in [6.07, 6.45) is 4.12. The van der Waals surface area contributed by atoms with Crippen molar-refractivity contribution in [3.63, 3.8) is 0 Å². The standard InChI is InChI=1S/C18H26N4O3/c1-3-6-16(24)21-10-8-13-12(11-21)18(25)20-17(19-13)14-7-5-9-22(14)15(23)4-2/h14H,3-11H2,1-2H3,(H,19,20,25)/t14-/m1/s1. The number of aromatic amines is 1. The lowest BCUT2D eigenvalue weighted by atomic mass is 10.1. The van der Waals surface area contributed by atoms with Crippen molar-refractivity contribution in [2.24, 2.45) is 0 Å². The monoisotopic (exact) mass is 346 g/mol. The smallest absolute Gasteiger partial charge is 0.256 e. The first-order valence-corrected chi connectivity index (χ1v) is 9.24. The van der Waals surface area contributed by atoms with E-state index in [4.69, 9.17) is 0 Å². The minimum atomic E-state index is -0.176. The highest BCUT2D eigenvalue weighted by Crippen LogP contribution is 2.30. The van der Waals surface area contributed by atoms with Crippen LogP contribution in [0.4, 0.5) is 0 Å². The largest absolute Gasteiger partial charge is 0.338 e. The zero-order valence-corrected chi connectivity index (χ0v) is 15.0. The number of rotatable bonds is 4. The Morgan fingerprint density at radius 2 is 2.04 bits per heavy atom. The van der Waals surface area contributed by atoms with Gasteiger partial charge in [0.15, 0.2) is 0 Å². The van der Waals surface area contributed by atoms with E-state index in [2.05, 4.69) is 9.97 Å². The van der Waals surface area contributed by atoms with E-state index in [1.807, 2.05) is 18.7 Å². The average Bonchev–Trinajstić information content (AvgIpc) is 3.10. The van der Waals surface area contributed by atoms with Gasteiger partial charge in [-0.1, -0.05) is 13.8 Å². The second kappa shape index (κ2) is 7.37. The van der Waals surface area contributed by atoms with E-state index < -0.39 is 0 Å². The molecular formula is C18H26N4O3. The summed E-state index contributed by atoms with van der Waals surface area (Å²) in [6, 6.07) is -0.134. The second-order valence-electron chi connectivity index (χ2n) is 6.79. The number of amides is 2. The Hall–Kier alpha value is -2.18. The molecule has 0 aromatic carbocycles. The molecule has 0 unspecified atom stereocenters. The van der Waals surface area contributed by atoms with Gasteiger partial charge >= 0.3 is 0 Å². The maximum atomic E-state index is 12.6. The van der Waals surface area contributed by atoms with Crippen molar-refractivity contribution in [1.29, 1.82) is 0 Å². The first-order chi connectivity index (χ1) is 12.0. The summed E-state index contributed by atoms with van der Waals surface area (Å²) < 4.78 is 0. The van der Waals surface area contributed by atoms with Crippen molar-refractivity contribution in [2.45, 2.75) is 65.0 Å². The maximum Gasteiger partial charge on any atom is 0.256 e. The molecule has 2 aliphatic heterocycles. The fraction of sp³-hybridized carbons (Fsp3) is 0.667. The highest BCUT2D eigenvalue weighted by atomic mass is 16.2. The average molecular weight is 346 g/mol. The van der Waals surface area contributed by atoms with Crippen LogP contribution in [-0.2, 0) is 22.6 Å². The normalized spacial score (nSPS) is 19.8. The van der Waals surface area contributed by atoms with E-state index in [9.17, 15) is 14.4 Å². The van der Waals surface area contributed by atoms with Gasteiger partial charge in [0.2, 0.25) is 11.8 Å². The van der Waals surface area contributed by atoms with E-state index in [0.717, 1.165) is 31.5 Å². The SMILES string of the molecule is CCCC(=O)N1CCc2nc([C@H]3CCCN3C(=O)CC)[nH]c(=O)c2C1. The number of carbonyl (C=O) groups excluding carboxylic acids is 2. The van der Waals surface area contributed by atoms with Gasteiger partial charge in [-0.2, -0.15) is 0 Å². The summed E-state index contributed by atoms with van der Waals surface area (Å²) in [5, 5.41) is 0. The van der Waals surface area contributed by atoms with Gasteiger partial charge in [0.05, 0.1) is 23.8 Å². The van der Waals surface area contributed by atoms with E-state index >= 15 is 0 Å². The third-order valence-electron chi connectivity index (χ3n) is 5.09. The highest BCUT2D eigenvalue weighted by Gasteiger charge is 2.32. The lowest BCUT2D eigenvalue weighted by molar-refractivity contribution is -0.133. The number of nitrogens with zero attached hydrogens (tertiary/aromatic N) is 3. The first kappa shape index (κ1) is 17.6. The van der Waals surface area contributed by atoms with Gasteiger partial charge < -0.3 is 14.8 Å². The number of carbonyl (C=O) groups is 2. The molecule has 1 atom stereocenters. The molecule has 7 nitrogen and oxygen atoms in total. The summed E-state index contributed by atoms with van der Waals surface area (Å²) in [7, 11) is 0. The topological polar surface area (TPSA) is 86.4 Å². The fourth-order valence-corrected chi connectivity index (χ4v) is 3.74. The number of likely N-dealkylation sites (tertiary alicyclic amines) is 1. The van der Waals surface area contributed by atoms with Crippen LogP contribution in [0.3, 0.4) is 0 Å². The molecule has 1 N–H and O–H groups in total. The predicted octanol–water partition coefficient (Wildman–Crippen LogP) is 1.53. The molecule has 3 heterocycles. The van der Waals surface area contributed by atoms with Gasteiger partial charge in [-0.15, -0.1) is 0 Å². The second-order valence-corrected chi connectivity index (χ2v) is 6.79. The van der Waals surface area contributed by atoms with Gasteiger partial charge in [-0.3, -0.25) is 14.4 Å². The van der Waals surface area contributed by atoms with E-state index in [-0.39, 0.29) is 23.4 Å². The summed E-state index contributed by atoms with van der Waals surface area (Å²) in [4.78, 5) is 47.9. The molecule has 7 heteroatoms. The molecule has 25 heavy (non-hydrogen) atoms. The van der Waals surface area contributed by atoms with Gasteiger partial charge in [-0.25, -0.2) is 4.98 Å². The van der Waals surface area contributed by atoms with Crippen molar-refractivity contribution in [2.75, 3.05) is 13.1 Å². The van der Waals surface area contributed by atoms with Crippen LogP contribution in [-0.4, -0.2) is 44.7 Å². The van der Waals surface area contributed by atoms with Gasteiger partial charge in [-0.05, 0) is 19.3 Å². The molecule has 0 bridgehead atoms. The number of fused-ring (bicyclic) bond motifs is 1. The molecule has 0 saturated carbocycles. The molecule has 2 aliphatic rings. The molecule has 1 fully saturated rings. The van der Waals surface area contributed by atoms with Gasteiger partial charge in [0, 0.05) is 32.4 Å². The molecule has 0 radical (unpaired) electrons. The number of hydrogen-bond acceptors (Lipinski definition) is 4. The molecule has 0 aliphatic carbocycles. The first-order valence-electron chi connectivity index (χ1n) is 9.24. The molecule has 1 saturated heterocycles. The number of aromatic nitrogens is 2. The van der Waals surface area contributed by atoms with Crippen molar-refractivity contribution >= 4 is 11.8 Å². The molecule has 0 spiro atoms. The lowest BCUT2D eigenvalue weighted by Crippen LogP contribution is -2.40. The van der Waals surface area contributed by atoms with E-state index in [0.29, 0.717) is 43.7 Å². The van der Waals surface area contributed by atoms with Crippen LogP contribution >= 0.6 is 0 Å². The zero-order chi connectivity index (χ0) is 18.0. The Labute approximate surface area is 147 Å². The number of nitrogens with one attached hydrogen (secondary N) is 1. The molecular weight excluding hydrogens is 320 g/mol. The van der Waals surface area contributed by atoms with Crippen molar-refractivity contribution in [1.82, 2.24) is 19.8 Å². The third-order valence-corrected chi connectivity index (χ3v) is 5.09. The van der Waals surface area contributed by atoms with Crippen LogP contribution in [0.5, 0.6) is 0 Å². The van der Waals surface area contributed by atoms with Crippen LogP contribution in [0.2, 0.25) is 0 Å². The lowest BCUT2D eigenvalue weighted by Gasteiger charge is -2.29. The zero-order valence-electron chi connectivity index (χ0n) is 15.0. The molecule has 136 valence electrons. The highest BCUT2D eigenvalue weighted by molar-refractivity contribution is 5.77. The Kier molecular flexibility index (Phi) is 5.20. The maximum absolute atomic E-state index is 12.6. The summed E-state index contributed by atoms with van der Waals surface area (Å²) in [5.41, 5.74) is 1.19. The van der Waals surface area contributed by atoms with Crippen LogP contribution in [0.25, 0.3) is 0 Å². The molecule has 1 aromatic rings. The fourth-order valence-electron chi connectivity index (χ4n) is 3.74. The number of hydrogen-bond donors (Lipinski definition) is 1. The van der Waals surface area contributed by atoms with Gasteiger partial charge in [0.1, 0.15) is 5.82 Å². The van der Waals surface area contributed by atoms with Crippen LogP contribution in [0, 0.1) is 0 Å². The number of H-pyrrole nitrogens is 1. The quantitative estimate of drug-likeness (QED) is 0.896. The molecule has 3 rings (SSSR count). The van der Waals surface area contributed by atoms with Crippen molar-refractivity contribution in [3.05, 3.63) is 27.4 Å².